The summed E-state index contributed by atoms with van der Waals surface area (Å²) in [5.74, 6) is 0.340. The van der Waals surface area contributed by atoms with Crippen LogP contribution in [0.5, 0.6) is 0 Å². The van der Waals surface area contributed by atoms with E-state index in [0.717, 1.165) is 6.42 Å². The van der Waals surface area contributed by atoms with Crippen LogP contribution in [0, 0.1) is 0 Å². The minimum absolute atomic E-state index is 0.0995. The number of ether oxygens (including phenoxy) is 1. The van der Waals surface area contributed by atoms with Gasteiger partial charge in [-0.3, -0.25) is 4.79 Å². The number of carbonyl (C=O) groups is 1. The van der Waals surface area contributed by atoms with E-state index < -0.39 is 6.04 Å². The fourth-order valence-corrected chi connectivity index (χ4v) is 0.814. The van der Waals surface area contributed by atoms with Gasteiger partial charge in [-0.25, -0.2) is 0 Å². The summed E-state index contributed by atoms with van der Waals surface area (Å²) in [6, 6.07) is -0.440. The van der Waals surface area contributed by atoms with E-state index in [4.69, 9.17) is 10.5 Å². The Balaban J connectivity index is 2.56. The van der Waals surface area contributed by atoms with Crippen molar-refractivity contribution in [3.8, 4) is 0 Å². The highest BCUT2D eigenvalue weighted by Crippen LogP contribution is 2.10. The molecule has 0 aromatic heterocycles. The summed E-state index contributed by atoms with van der Waals surface area (Å²) in [7, 11) is 0. The van der Waals surface area contributed by atoms with Crippen LogP contribution in [0.3, 0.4) is 0 Å². The van der Waals surface area contributed by atoms with Crippen LogP contribution in [0.4, 0.5) is 0 Å². The minimum atomic E-state index is -0.440. The van der Waals surface area contributed by atoms with Gasteiger partial charge < -0.3 is 10.5 Å². The average molecular weight is 141 g/mol. The summed E-state index contributed by atoms with van der Waals surface area (Å²) in [6.07, 6.45) is 2.61. The molecule has 1 aliphatic rings. The highest BCUT2D eigenvalue weighted by Gasteiger charge is 2.17. The van der Waals surface area contributed by atoms with Crippen LogP contribution < -0.4 is 5.73 Å². The molecule has 0 fully saturated rings. The molecule has 0 aromatic rings. The molecule has 0 saturated carbocycles. The van der Waals surface area contributed by atoms with Gasteiger partial charge in [-0.15, -0.1) is 0 Å². The molecule has 0 aliphatic carbocycles. The molecule has 1 atom stereocenters. The maximum Gasteiger partial charge on any atom is 0.213 e. The van der Waals surface area contributed by atoms with Gasteiger partial charge in [0.05, 0.1) is 12.6 Å². The monoisotopic (exact) mass is 141 g/mol. The maximum atomic E-state index is 11.0. The topological polar surface area (TPSA) is 52.3 Å². The number of rotatable bonds is 2. The van der Waals surface area contributed by atoms with E-state index in [2.05, 4.69) is 0 Å². The summed E-state index contributed by atoms with van der Waals surface area (Å²) in [5.41, 5.74) is 5.35. The molecule has 0 radical (unpaired) electrons. The van der Waals surface area contributed by atoms with E-state index in [1.165, 1.54) is 0 Å². The number of Topliss-reactive ketones (excluding diaryl/α,β-unsaturated/α-hetero) is 1. The molecule has 3 heteroatoms. The third kappa shape index (κ3) is 1.36. The van der Waals surface area contributed by atoms with E-state index in [9.17, 15) is 4.79 Å². The Morgan fingerprint density at radius 1 is 1.90 bits per heavy atom. The van der Waals surface area contributed by atoms with Crippen molar-refractivity contribution < 1.29 is 9.53 Å². The number of hydrogen-bond acceptors (Lipinski definition) is 3. The number of carbonyl (C=O) groups excluding carboxylic acids is 1. The average Bonchev–Trinajstić information content (AvgIpc) is 2.36. The van der Waals surface area contributed by atoms with Crippen LogP contribution in [0.15, 0.2) is 11.8 Å². The van der Waals surface area contributed by atoms with Crippen LogP contribution >= 0.6 is 0 Å². The molecule has 56 valence electrons. The Morgan fingerprint density at radius 2 is 2.60 bits per heavy atom. The van der Waals surface area contributed by atoms with Gasteiger partial charge in [0, 0.05) is 6.42 Å². The van der Waals surface area contributed by atoms with E-state index in [1.54, 1.807) is 13.0 Å². The fourth-order valence-electron chi connectivity index (χ4n) is 0.814. The van der Waals surface area contributed by atoms with Crippen LogP contribution in [0.25, 0.3) is 0 Å². The maximum absolute atomic E-state index is 11.0. The highest BCUT2D eigenvalue weighted by atomic mass is 16.5. The van der Waals surface area contributed by atoms with Crippen molar-refractivity contribution in [2.24, 2.45) is 5.73 Å². The molecule has 2 N–H and O–H groups in total. The Bertz CT molecular complexity index is 172. The second-order valence-corrected chi connectivity index (χ2v) is 2.36. The lowest BCUT2D eigenvalue weighted by Crippen LogP contribution is -2.28. The smallest absolute Gasteiger partial charge is 0.213 e. The largest absolute Gasteiger partial charge is 0.490 e. The number of ketones is 1. The van der Waals surface area contributed by atoms with Gasteiger partial charge >= 0.3 is 0 Å². The SMILES string of the molecule is C[C@H](N)C(=O)C1=CCCO1. The Labute approximate surface area is 59.8 Å². The molecule has 10 heavy (non-hydrogen) atoms. The van der Waals surface area contributed by atoms with Gasteiger partial charge in [-0.05, 0) is 13.0 Å². The normalized spacial score (nSPS) is 19.6. The van der Waals surface area contributed by atoms with E-state index in [0.29, 0.717) is 12.4 Å². The zero-order chi connectivity index (χ0) is 7.56. The second kappa shape index (κ2) is 2.84. The summed E-state index contributed by atoms with van der Waals surface area (Å²) in [5, 5.41) is 0. The Hall–Kier alpha value is -0.830. The van der Waals surface area contributed by atoms with Gasteiger partial charge in [0.2, 0.25) is 5.78 Å². The molecular weight excluding hydrogens is 130 g/mol. The summed E-state index contributed by atoms with van der Waals surface area (Å²) in [4.78, 5) is 11.0. The van der Waals surface area contributed by atoms with Gasteiger partial charge in [-0.1, -0.05) is 0 Å². The Morgan fingerprint density at radius 3 is 3.00 bits per heavy atom. The van der Waals surface area contributed by atoms with Gasteiger partial charge in [0.25, 0.3) is 0 Å². The second-order valence-electron chi connectivity index (χ2n) is 2.36. The van der Waals surface area contributed by atoms with Gasteiger partial charge in [0.15, 0.2) is 5.76 Å². The van der Waals surface area contributed by atoms with Gasteiger partial charge in [-0.2, -0.15) is 0 Å². The molecule has 0 spiro atoms. The number of hydrogen-bond donors (Lipinski definition) is 1. The quantitative estimate of drug-likeness (QED) is 0.598. The van der Waals surface area contributed by atoms with Crippen LogP contribution in [-0.2, 0) is 9.53 Å². The van der Waals surface area contributed by atoms with E-state index in [-0.39, 0.29) is 5.78 Å². The first-order valence-electron chi connectivity index (χ1n) is 3.34. The lowest BCUT2D eigenvalue weighted by Gasteiger charge is -2.04. The molecule has 3 nitrogen and oxygen atoms in total. The molecule has 0 unspecified atom stereocenters. The first kappa shape index (κ1) is 7.28. The molecule has 1 rings (SSSR count). The standard InChI is InChI=1S/C7H11NO2/c1-5(8)7(9)6-3-2-4-10-6/h3,5H,2,4,8H2,1H3/t5-/m0/s1. The summed E-state index contributed by atoms with van der Waals surface area (Å²) < 4.78 is 5.01. The Kier molecular flexibility index (Phi) is 2.06. The van der Waals surface area contributed by atoms with Crippen LogP contribution in [0.2, 0.25) is 0 Å². The van der Waals surface area contributed by atoms with Crippen LogP contribution in [-0.4, -0.2) is 18.4 Å². The molecule has 1 aliphatic heterocycles. The lowest BCUT2D eigenvalue weighted by atomic mass is 10.2. The van der Waals surface area contributed by atoms with Gasteiger partial charge in [0.1, 0.15) is 0 Å². The lowest BCUT2D eigenvalue weighted by molar-refractivity contribution is -0.119. The predicted molar refractivity (Wildman–Crippen MR) is 37.3 cm³/mol. The fraction of sp³-hybridized carbons (Fsp3) is 0.571. The zero-order valence-corrected chi connectivity index (χ0v) is 5.96. The summed E-state index contributed by atoms with van der Waals surface area (Å²) >= 11 is 0. The van der Waals surface area contributed by atoms with Crippen molar-refractivity contribution >= 4 is 5.78 Å². The third-order valence-electron chi connectivity index (χ3n) is 1.36. The molecule has 0 aromatic carbocycles. The van der Waals surface area contributed by atoms with Crippen LogP contribution in [0.1, 0.15) is 13.3 Å². The minimum Gasteiger partial charge on any atom is -0.490 e. The van der Waals surface area contributed by atoms with E-state index in [1.807, 2.05) is 0 Å². The predicted octanol–water partition coefficient (Wildman–Crippen LogP) is 0.207. The molecule has 0 amide bonds. The third-order valence-corrected chi connectivity index (χ3v) is 1.36. The molecular formula is C7H11NO2. The summed E-state index contributed by atoms with van der Waals surface area (Å²) in [6.45, 7) is 2.28. The van der Waals surface area contributed by atoms with Crippen molar-refractivity contribution in [3.63, 3.8) is 0 Å². The molecule has 1 heterocycles. The van der Waals surface area contributed by atoms with E-state index >= 15 is 0 Å². The van der Waals surface area contributed by atoms with Crippen molar-refractivity contribution in [2.45, 2.75) is 19.4 Å². The first-order valence-corrected chi connectivity index (χ1v) is 3.34. The van der Waals surface area contributed by atoms with Crippen molar-refractivity contribution in [1.29, 1.82) is 0 Å². The molecule has 0 bridgehead atoms. The molecule has 0 saturated heterocycles. The van der Waals surface area contributed by atoms with Crippen molar-refractivity contribution in [2.75, 3.05) is 6.61 Å². The zero-order valence-electron chi connectivity index (χ0n) is 5.96. The number of nitrogens with two attached hydrogens (primary N) is 1. The highest BCUT2D eigenvalue weighted by molar-refractivity contribution is 5.97. The van der Waals surface area contributed by atoms with Crippen molar-refractivity contribution in [1.82, 2.24) is 0 Å². The first-order chi connectivity index (χ1) is 4.72. The van der Waals surface area contributed by atoms with Crippen molar-refractivity contribution in [3.05, 3.63) is 11.8 Å².